The summed E-state index contributed by atoms with van der Waals surface area (Å²) in [5, 5.41) is 5.05. The maximum atomic E-state index is 4.27. The van der Waals surface area contributed by atoms with E-state index in [2.05, 4.69) is 27.6 Å². The molecule has 1 aromatic heterocycles. The molecule has 0 aromatic carbocycles. The van der Waals surface area contributed by atoms with E-state index in [4.69, 9.17) is 0 Å². The van der Waals surface area contributed by atoms with E-state index in [9.17, 15) is 0 Å². The average Bonchev–Trinajstić information content (AvgIpc) is 2.28. The van der Waals surface area contributed by atoms with Crippen molar-refractivity contribution in [3.8, 4) is 0 Å². The average molecular weight is 215 g/mol. The van der Waals surface area contributed by atoms with Crippen LogP contribution in [-0.4, -0.2) is 15.1 Å². The molecule has 1 rings (SSSR count). The normalized spacial score (nSPS) is 10.1. The first-order valence-electron chi connectivity index (χ1n) is 3.39. The van der Waals surface area contributed by atoms with Gasteiger partial charge < -0.3 is 0 Å². The Morgan fingerprint density at radius 3 is 2.82 bits per heavy atom. The van der Waals surface area contributed by atoms with E-state index >= 15 is 0 Å². The van der Waals surface area contributed by atoms with Gasteiger partial charge in [0.1, 0.15) is 0 Å². The standard InChI is InChI=1S/C8H11BrN2/c1-6(4-9)8-7(2)5-11(3)10-8/h5H,1,4H2,2-3H3. The predicted molar refractivity (Wildman–Crippen MR) is 50.8 cm³/mol. The number of alkyl halides is 1. The summed E-state index contributed by atoms with van der Waals surface area (Å²) in [4.78, 5) is 0. The summed E-state index contributed by atoms with van der Waals surface area (Å²) >= 11 is 3.35. The molecule has 0 radical (unpaired) electrons. The first-order chi connectivity index (χ1) is 5.15. The van der Waals surface area contributed by atoms with Crippen molar-refractivity contribution >= 4 is 21.5 Å². The molecule has 0 aliphatic rings. The maximum absolute atomic E-state index is 4.27. The molecular weight excluding hydrogens is 204 g/mol. The van der Waals surface area contributed by atoms with Crippen LogP contribution < -0.4 is 0 Å². The lowest BCUT2D eigenvalue weighted by Gasteiger charge is -1.95. The van der Waals surface area contributed by atoms with Crippen molar-refractivity contribution < 1.29 is 0 Å². The molecule has 3 heteroatoms. The third-order valence-corrected chi connectivity index (χ3v) is 2.18. The number of rotatable bonds is 2. The molecule has 0 spiro atoms. The summed E-state index contributed by atoms with van der Waals surface area (Å²) in [6.07, 6.45) is 1.99. The van der Waals surface area contributed by atoms with Gasteiger partial charge in [0.2, 0.25) is 0 Å². The first kappa shape index (κ1) is 8.53. The van der Waals surface area contributed by atoms with E-state index in [1.807, 2.05) is 20.2 Å². The van der Waals surface area contributed by atoms with Gasteiger partial charge in [0.05, 0.1) is 5.69 Å². The summed E-state index contributed by atoms with van der Waals surface area (Å²) < 4.78 is 1.80. The van der Waals surface area contributed by atoms with E-state index in [0.717, 1.165) is 16.6 Å². The van der Waals surface area contributed by atoms with Crippen molar-refractivity contribution in [1.29, 1.82) is 0 Å². The lowest BCUT2D eigenvalue weighted by Crippen LogP contribution is -1.91. The second kappa shape index (κ2) is 3.22. The highest BCUT2D eigenvalue weighted by Crippen LogP contribution is 2.15. The SMILES string of the molecule is C=C(CBr)c1nn(C)cc1C. The largest absolute Gasteiger partial charge is 0.275 e. The molecule has 0 atom stereocenters. The number of nitrogens with zero attached hydrogens (tertiary/aromatic N) is 2. The van der Waals surface area contributed by atoms with Crippen LogP contribution in [0.15, 0.2) is 12.8 Å². The van der Waals surface area contributed by atoms with Gasteiger partial charge >= 0.3 is 0 Å². The van der Waals surface area contributed by atoms with E-state index in [1.165, 1.54) is 5.56 Å². The van der Waals surface area contributed by atoms with E-state index in [-0.39, 0.29) is 0 Å². The van der Waals surface area contributed by atoms with Gasteiger partial charge in [0, 0.05) is 18.6 Å². The van der Waals surface area contributed by atoms with E-state index < -0.39 is 0 Å². The number of hydrogen-bond acceptors (Lipinski definition) is 1. The fourth-order valence-electron chi connectivity index (χ4n) is 1.02. The summed E-state index contributed by atoms with van der Waals surface area (Å²) in [6, 6.07) is 0. The van der Waals surface area contributed by atoms with Crippen molar-refractivity contribution in [2.24, 2.45) is 7.05 Å². The van der Waals surface area contributed by atoms with Gasteiger partial charge in [-0.1, -0.05) is 22.5 Å². The van der Waals surface area contributed by atoms with Crippen LogP contribution in [0.3, 0.4) is 0 Å². The van der Waals surface area contributed by atoms with Crippen molar-refractivity contribution in [1.82, 2.24) is 9.78 Å². The lowest BCUT2D eigenvalue weighted by molar-refractivity contribution is 0.763. The number of halogens is 1. The van der Waals surface area contributed by atoms with Crippen molar-refractivity contribution in [3.63, 3.8) is 0 Å². The molecule has 1 heterocycles. The molecule has 0 aliphatic heterocycles. The molecule has 0 unspecified atom stereocenters. The highest BCUT2D eigenvalue weighted by atomic mass is 79.9. The topological polar surface area (TPSA) is 17.8 Å². The van der Waals surface area contributed by atoms with Gasteiger partial charge in [-0.2, -0.15) is 5.10 Å². The zero-order valence-corrected chi connectivity index (χ0v) is 8.35. The smallest absolute Gasteiger partial charge is 0.0914 e. The van der Waals surface area contributed by atoms with Gasteiger partial charge in [-0.3, -0.25) is 4.68 Å². The van der Waals surface area contributed by atoms with Crippen LogP contribution in [0.25, 0.3) is 5.57 Å². The second-order valence-corrected chi connectivity index (χ2v) is 3.13. The lowest BCUT2D eigenvalue weighted by atomic mass is 10.2. The van der Waals surface area contributed by atoms with Crippen LogP contribution in [0.2, 0.25) is 0 Å². The molecule has 0 bridgehead atoms. The zero-order valence-electron chi connectivity index (χ0n) is 6.76. The molecule has 0 amide bonds. The molecule has 2 nitrogen and oxygen atoms in total. The Balaban J connectivity index is 3.03. The van der Waals surface area contributed by atoms with Gasteiger partial charge in [-0.05, 0) is 18.1 Å². The van der Waals surface area contributed by atoms with Crippen LogP contribution in [-0.2, 0) is 7.05 Å². The highest BCUT2D eigenvalue weighted by molar-refractivity contribution is 9.09. The van der Waals surface area contributed by atoms with Crippen molar-refractivity contribution in [3.05, 3.63) is 24.0 Å². The molecular formula is C8H11BrN2. The second-order valence-electron chi connectivity index (χ2n) is 2.57. The molecule has 11 heavy (non-hydrogen) atoms. The Morgan fingerprint density at radius 2 is 2.45 bits per heavy atom. The van der Waals surface area contributed by atoms with Crippen molar-refractivity contribution in [2.75, 3.05) is 5.33 Å². The van der Waals surface area contributed by atoms with E-state index in [0.29, 0.717) is 0 Å². The number of hydrogen-bond donors (Lipinski definition) is 0. The van der Waals surface area contributed by atoms with E-state index in [1.54, 1.807) is 4.68 Å². The first-order valence-corrected chi connectivity index (χ1v) is 4.51. The van der Waals surface area contributed by atoms with Crippen LogP contribution in [0.1, 0.15) is 11.3 Å². The maximum Gasteiger partial charge on any atom is 0.0914 e. The van der Waals surface area contributed by atoms with Gasteiger partial charge in [-0.15, -0.1) is 0 Å². The Morgan fingerprint density at radius 1 is 1.82 bits per heavy atom. The number of aryl methyl sites for hydroxylation is 2. The minimum absolute atomic E-state index is 0.783. The van der Waals surface area contributed by atoms with Crippen LogP contribution >= 0.6 is 15.9 Å². The summed E-state index contributed by atoms with van der Waals surface area (Å²) in [7, 11) is 1.91. The molecule has 60 valence electrons. The fourth-order valence-corrected chi connectivity index (χ4v) is 1.29. The summed E-state index contributed by atoms with van der Waals surface area (Å²) in [5.41, 5.74) is 3.21. The minimum Gasteiger partial charge on any atom is -0.275 e. The minimum atomic E-state index is 0.783. The fraction of sp³-hybridized carbons (Fsp3) is 0.375. The Labute approximate surface area is 75.0 Å². The quantitative estimate of drug-likeness (QED) is 0.691. The number of allylic oxidation sites excluding steroid dienone is 1. The summed E-state index contributed by atoms with van der Waals surface area (Å²) in [6.45, 7) is 5.93. The molecule has 1 aromatic rings. The Hall–Kier alpha value is -0.570. The summed E-state index contributed by atoms with van der Waals surface area (Å²) in [5.74, 6) is 0. The van der Waals surface area contributed by atoms with Gasteiger partial charge in [0.15, 0.2) is 0 Å². The predicted octanol–water partition coefficient (Wildman–Crippen LogP) is 2.14. The third kappa shape index (κ3) is 1.71. The Bertz CT molecular complexity index is 276. The van der Waals surface area contributed by atoms with Gasteiger partial charge in [-0.25, -0.2) is 0 Å². The molecule has 0 saturated carbocycles. The monoisotopic (exact) mass is 214 g/mol. The van der Waals surface area contributed by atoms with Crippen LogP contribution in [0.5, 0.6) is 0 Å². The molecule has 0 N–H and O–H groups in total. The third-order valence-electron chi connectivity index (χ3n) is 1.51. The number of aromatic nitrogens is 2. The molecule has 0 aliphatic carbocycles. The molecule has 0 fully saturated rings. The van der Waals surface area contributed by atoms with Crippen LogP contribution in [0.4, 0.5) is 0 Å². The van der Waals surface area contributed by atoms with Crippen molar-refractivity contribution in [2.45, 2.75) is 6.92 Å². The molecule has 0 saturated heterocycles. The zero-order chi connectivity index (χ0) is 8.43. The van der Waals surface area contributed by atoms with Crippen LogP contribution in [0, 0.1) is 6.92 Å². The highest BCUT2D eigenvalue weighted by Gasteiger charge is 2.04. The Kier molecular flexibility index (Phi) is 2.49. The van der Waals surface area contributed by atoms with Gasteiger partial charge in [0.25, 0.3) is 0 Å².